The molecule has 0 aromatic carbocycles. The van der Waals surface area contributed by atoms with Crippen LogP contribution in [0.4, 0.5) is 0 Å². The Hall–Kier alpha value is -0.980. The smallest absolute Gasteiger partial charge is 0.214 e. The number of pyridine rings is 1. The molecule has 0 amide bonds. The zero-order valence-electron chi connectivity index (χ0n) is 11.2. The van der Waals surface area contributed by atoms with Gasteiger partial charge in [0.05, 0.1) is 5.75 Å². The fourth-order valence-electron chi connectivity index (χ4n) is 2.34. The van der Waals surface area contributed by atoms with Crippen molar-refractivity contribution in [1.82, 2.24) is 9.29 Å². The van der Waals surface area contributed by atoms with Crippen LogP contribution in [-0.2, 0) is 16.4 Å². The minimum atomic E-state index is -3.19. The van der Waals surface area contributed by atoms with E-state index in [2.05, 4.69) is 4.98 Å². The van der Waals surface area contributed by atoms with E-state index in [0.717, 1.165) is 12.1 Å². The van der Waals surface area contributed by atoms with Crippen molar-refractivity contribution in [3.8, 4) is 0 Å². The zero-order chi connectivity index (χ0) is 13.9. The van der Waals surface area contributed by atoms with Crippen LogP contribution in [0.15, 0.2) is 24.4 Å². The quantitative estimate of drug-likeness (QED) is 0.859. The van der Waals surface area contributed by atoms with Gasteiger partial charge in [0, 0.05) is 37.4 Å². The second kappa shape index (κ2) is 5.98. The highest BCUT2D eigenvalue weighted by Crippen LogP contribution is 2.22. The third-order valence-corrected chi connectivity index (χ3v) is 5.51. The van der Waals surface area contributed by atoms with Gasteiger partial charge in [-0.1, -0.05) is 6.07 Å². The second-order valence-corrected chi connectivity index (χ2v) is 7.24. The maximum absolute atomic E-state index is 12.2. The Morgan fingerprint density at radius 1 is 1.53 bits per heavy atom. The molecule has 1 aliphatic rings. The lowest BCUT2D eigenvalue weighted by molar-refractivity contribution is 0.429. The van der Waals surface area contributed by atoms with Gasteiger partial charge in [-0.3, -0.25) is 4.98 Å². The summed E-state index contributed by atoms with van der Waals surface area (Å²) in [7, 11) is -3.19. The van der Waals surface area contributed by atoms with Crippen LogP contribution in [-0.4, -0.2) is 42.6 Å². The van der Waals surface area contributed by atoms with E-state index in [1.54, 1.807) is 10.5 Å². The molecule has 1 aromatic heterocycles. The van der Waals surface area contributed by atoms with Crippen molar-refractivity contribution in [2.24, 2.45) is 11.7 Å². The Labute approximate surface area is 114 Å². The molecule has 2 rings (SSSR count). The molecular formula is C13H21N3O2S. The molecule has 1 aliphatic heterocycles. The minimum Gasteiger partial charge on any atom is -0.328 e. The number of sulfonamides is 1. The van der Waals surface area contributed by atoms with Crippen molar-refractivity contribution >= 4 is 10.0 Å². The lowest BCUT2D eigenvalue weighted by atomic mass is 10.0. The topological polar surface area (TPSA) is 76.3 Å². The van der Waals surface area contributed by atoms with Gasteiger partial charge in [0.1, 0.15) is 0 Å². The van der Waals surface area contributed by atoms with Crippen LogP contribution in [0.2, 0.25) is 0 Å². The number of nitrogens with two attached hydrogens (primary N) is 1. The maximum atomic E-state index is 12.2. The Morgan fingerprint density at radius 3 is 2.89 bits per heavy atom. The Morgan fingerprint density at radius 2 is 2.32 bits per heavy atom. The molecule has 6 heteroatoms. The molecule has 0 saturated carbocycles. The first-order valence-electron chi connectivity index (χ1n) is 6.62. The number of rotatable bonds is 5. The molecule has 2 heterocycles. The van der Waals surface area contributed by atoms with Gasteiger partial charge in [-0.05, 0) is 31.4 Å². The van der Waals surface area contributed by atoms with Crippen molar-refractivity contribution < 1.29 is 8.42 Å². The lowest BCUT2D eigenvalue weighted by Crippen LogP contribution is -2.34. The van der Waals surface area contributed by atoms with Gasteiger partial charge < -0.3 is 5.73 Å². The third kappa shape index (κ3) is 3.75. The lowest BCUT2D eigenvalue weighted by Gasteiger charge is -2.17. The van der Waals surface area contributed by atoms with Crippen LogP contribution in [0.25, 0.3) is 0 Å². The summed E-state index contributed by atoms with van der Waals surface area (Å²) >= 11 is 0. The fourth-order valence-corrected chi connectivity index (χ4v) is 3.87. The van der Waals surface area contributed by atoms with E-state index in [0.29, 0.717) is 19.5 Å². The van der Waals surface area contributed by atoms with Gasteiger partial charge in [-0.25, -0.2) is 12.7 Å². The molecule has 0 aliphatic carbocycles. The molecule has 5 nitrogen and oxygen atoms in total. The van der Waals surface area contributed by atoms with Crippen LogP contribution in [0.5, 0.6) is 0 Å². The average Bonchev–Trinajstić information content (AvgIpc) is 2.88. The predicted octanol–water partition coefficient (Wildman–Crippen LogP) is 0.623. The van der Waals surface area contributed by atoms with Crippen molar-refractivity contribution in [3.63, 3.8) is 0 Å². The first-order valence-corrected chi connectivity index (χ1v) is 8.23. The molecule has 2 unspecified atom stereocenters. The number of hydrogen-bond donors (Lipinski definition) is 1. The SMILES string of the molecule is CC(N)C1CCN(S(=O)(=O)CCc2ccccn2)C1. The van der Waals surface area contributed by atoms with E-state index in [9.17, 15) is 8.42 Å². The van der Waals surface area contributed by atoms with Gasteiger partial charge in [0.2, 0.25) is 10.0 Å². The van der Waals surface area contributed by atoms with E-state index in [1.807, 2.05) is 25.1 Å². The number of aryl methyl sites for hydroxylation is 1. The highest BCUT2D eigenvalue weighted by Gasteiger charge is 2.32. The van der Waals surface area contributed by atoms with Crippen molar-refractivity contribution in [3.05, 3.63) is 30.1 Å². The molecule has 2 atom stereocenters. The normalized spacial score (nSPS) is 22.5. The summed E-state index contributed by atoms with van der Waals surface area (Å²) in [6, 6.07) is 5.60. The summed E-state index contributed by atoms with van der Waals surface area (Å²) in [6.45, 7) is 3.09. The van der Waals surface area contributed by atoms with E-state index in [4.69, 9.17) is 5.73 Å². The van der Waals surface area contributed by atoms with Crippen molar-refractivity contribution in [2.75, 3.05) is 18.8 Å². The Bertz CT molecular complexity index is 502. The molecule has 2 N–H and O–H groups in total. The number of aromatic nitrogens is 1. The largest absolute Gasteiger partial charge is 0.328 e. The molecular weight excluding hydrogens is 262 g/mol. The molecule has 0 bridgehead atoms. The van der Waals surface area contributed by atoms with Gasteiger partial charge >= 0.3 is 0 Å². The summed E-state index contributed by atoms with van der Waals surface area (Å²) in [5.41, 5.74) is 6.65. The predicted molar refractivity (Wildman–Crippen MR) is 75.1 cm³/mol. The first kappa shape index (κ1) is 14.4. The van der Waals surface area contributed by atoms with Crippen LogP contribution in [0, 0.1) is 5.92 Å². The molecule has 0 radical (unpaired) electrons. The van der Waals surface area contributed by atoms with Crippen molar-refractivity contribution in [2.45, 2.75) is 25.8 Å². The van der Waals surface area contributed by atoms with Crippen LogP contribution in [0.3, 0.4) is 0 Å². The highest BCUT2D eigenvalue weighted by atomic mass is 32.2. The monoisotopic (exact) mass is 283 g/mol. The molecule has 19 heavy (non-hydrogen) atoms. The van der Waals surface area contributed by atoms with E-state index in [-0.39, 0.29) is 17.7 Å². The molecule has 106 valence electrons. The second-order valence-electron chi connectivity index (χ2n) is 5.15. The summed E-state index contributed by atoms with van der Waals surface area (Å²) in [5.74, 6) is 0.403. The maximum Gasteiger partial charge on any atom is 0.214 e. The van der Waals surface area contributed by atoms with E-state index < -0.39 is 10.0 Å². The number of nitrogens with zero attached hydrogens (tertiary/aromatic N) is 2. The first-order chi connectivity index (χ1) is 8.99. The molecule has 1 saturated heterocycles. The minimum absolute atomic E-state index is 0.0518. The van der Waals surface area contributed by atoms with Gasteiger partial charge in [-0.15, -0.1) is 0 Å². The van der Waals surface area contributed by atoms with Gasteiger partial charge in [-0.2, -0.15) is 0 Å². The molecule has 1 fully saturated rings. The van der Waals surface area contributed by atoms with E-state index in [1.165, 1.54) is 0 Å². The van der Waals surface area contributed by atoms with Crippen molar-refractivity contribution in [1.29, 1.82) is 0 Å². The summed E-state index contributed by atoms with van der Waals surface area (Å²) in [5, 5.41) is 0. The standard InChI is InChI=1S/C13H21N3O2S/c1-11(14)12-5-8-16(10-12)19(17,18)9-6-13-4-2-3-7-15-13/h2-4,7,11-12H,5-6,8-10,14H2,1H3. The molecule has 0 spiro atoms. The fraction of sp³-hybridized carbons (Fsp3) is 0.615. The Kier molecular flexibility index (Phi) is 4.54. The Balaban J connectivity index is 1.93. The van der Waals surface area contributed by atoms with Crippen LogP contribution in [0.1, 0.15) is 19.0 Å². The summed E-state index contributed by atoms with van der Waals surface area (Å²) in [4.78, 5) is 4.15. The summed E-state index contributed by atoms with van der Waals surface area (Å²) in [6.07, 6.45) is 3.01. The van der Waals surface area contributed by atoms with Gasteiger partial charge in [0.15, 0.2) is 0 Å². The van der Waals surface area contributed by atoms with Gasteiger partial charge in [0.25, 0.3) is 0 Å². The number of hydrogen-bond acceptors (Lipinski definition) is 4. The zero-order valence-corrected chi connectivity index (χ0v) is 12.0. The third-order valence-electron chi connectivity index (χ3n) is 3.67. The summed E-state index contributed by atoms with van der Waals surface area (Å²) < 4.78 is 26.0. The molecule has 1 aromatic rings. The highest BCUT2D eigenvalue weighted by molar-refractivity contribution is 7.89. The average molecular weight is 283 g/mol. The van der Waals surface area contributed by atoms with Crippen LogP contribution < -0.4 is 5.73 Å². The van der Waals surface area contributed by atoms with E-state index >= 15 is 0 Å². The van der Waals surface area contributed by atoms with Crippen LogP contribution >= 0.6 is 0 Å².